The van der Waals surface area contributed by atoms with Crippen molar-refractivity contribution in [2.75, 3.05) is 5.75 Å². The number of amides is 3. The molecule has 3 amide bonds. The van der Waals surface area contributed by atoms with Crippen LogP contribution in [-0.4, -0.2) is 63.7 Å². The zero-order chi connectivity index (χ0) is 28.5. The highest BCUT2D eigenvalue weighted by molar-refractivity contribution is 7.80. The lowest BCUT2D eigenvalue weighted by Crippen LogP contribution is -2.58. The second-order valence-corrected chi connectivity index (χ2v) is 10.1. The number of nitrogens with two attached hydrogens (primary N) is 1. The molecule has 2 aromatic carbocycles. The number of fused-ring (bicyclic) bond motifs is 1. The number of aliphatic carboxylic acids is 1. The summed E-state index contributed by atoms with van der Waals surface area (Å²) in [6.45, 7) is 3.60. The summed E-state index contributed by atoms with van der Waals surface area (Å²) < 4.78 is 0. The van der Waals surface area contributed by atoms with Gasteiger partial charge in [0.05, 0.1) is 6.04 Å². The number of H-pyrrole nitrogens is 1. The van der Waals surface area contributed by atoms with Gasteiger partial charge in [0.15, 0.2) is 0 Å². The summed E-state index contributed by atoms with van der Waals surface area (Å²) in [5.41, 5.74) is 8.36. The van der Waals surface area contributed by atoms with Gasteiger partial charge in [-0.3, -0.25) is 14.4 Å². The second-order valence-electron chi connectivity index (χ2n) is 9.73. The van der Waals surface area contributed by atoms with Crippen LogP contribution in [0.15, 0.2) is 60.8 Å². The number of hydrogen-bond donors (Lipinski definition) is 7. The number of hydrogen-bond acceptors (Lipinski definition) is 6. The number of rotatable bonds is 13. The van der Waals surface area contributed by atoms with Gasteiger partial charge in [0.1, 0.15) is 18.1 Å². The first-order valence-corrected chi connectivity index (χ1v) is 13.3. The molecule has 7 N–H and O–H groups in total. The summed E-state index contributed by atoms with van der Waals surface area (Å²) in [7, 11) is 0. The molecule has 39 heavy (non-hydrogen) atoms. The minimum Gasteiger partial charge on any atom is -0.480 e. The van der Waals surface area contributed by atoms with Crippen molar-refractivity contribution in [1.82, 2.24) is 20.9 Å². The van der Waals surface area contributed by atoms with Gasteiger partial charge < -0.3 is 31.8 Å². The molecule has 3 rings (SSSR count). The molecule has 11 heteroatoms. The van der Waals surface area contributed by atoms with Crippen molar-refractivity contribution in [1.29, 1.82) is 0 Å². The maximum Gasteiger partial charge on any atom is 0.326 e. The third kappa shape index (κ3) is 8.08. The standard InChI is InChI=1S/C28H35N5O5S/c1-16(2)24(29)27(36)31-21(12-17-8-4-3-5-9-17)25(34)33-23(15-39)26(35)32-22(28(37)38)13-18-14-30-20-11-7-6-10-19(18)20/h3-11,14,16,21-24,30,39H,12-13,15,29H2,1-2H3,(H,31,36)(H,32,35)(H,33,34)(H,37,38). The van der Waals surface area contributed by atoms with Crippen molar-refractivity contribution in [2.45, 2.75) is 50.9 Å². The number of carboxylic acid groups (broad SMARTS) is 1. The van der Waals surface area contributed by atoms with Crippen molar-refractivity contribution in [3.8, 4) is 0 Å². The lowest BCUT2D eigenvalue weighted by atomic mass is 10.0. The van der Waals surface area contributed by atoms with E-state index in [-0.39, 0.29) is 24.5 Å². The Morgan fingerprint density at radius 1 is 0.846 bits per heavy atom. The summed E-state index contributed by atoms with van der Waals surface area (Å²) in [5, 5.41) is 18.5. The van der Waals surface area contributed by atoms with Crippen molar-refractivity contribution >= 4 is 47.2 Å². The van der Waals surface area contributed by atoms with Crippen LogP contribution in [0.1, 0.15) is 25.0 Å². The van der Waals surface area contributed by atoms with Gasteiger partial charge in [-0.05, 0) is 23.1 Å². The predicted octanol–water partition coefficient (Wildman–Crippen LogP) is 1.41. The van der Waals surface area contributed by atoms with Gasteiger partial charge in [-0.1, -0.05) is 62.4 Å². The molecular formula is C28H35N5O5S. The lowest BCUT2D eigenvalue weighted by Gasteiger charge is -2.25. The maximum atomic E-state index is 13.3. The first-order valence-electron chi connectivity index (χ1n) is 12.7. The van der Waals surface area contributed by atoms with Crippen LogP contribution < -0.4 is 21.7 Å². The molecule has 0 aliphatic heterocycles. The van der Waals surface area contributed by atoms with Crippen molar-refractivity contribution in [2.24, 2.45) is 11.7 Å². The van der Waals surface area contributed by atoms with Crippen LogP contribution in [0.2, 0.25) is 0 Å². The van der Waals surface area contributed by atoms with E-state index in [1.165, 1.54) is 0 Å². The molecule has 0 aliphatic rings. The SMILES string of the molecule is CC(C)C(N)C(=O)NC(Cc1ccccc1)C(=O)NC(CS)C(=O)NC(Cc1c[nH]c2ccccc12)C(=O)O. The number of nitrogens with one attached hydrogen (secondary N) is 4. The van der Waals surface area contributed by atoms with Crippen LogP contribution in [0.5, 0.6) is 0 Å². The van der Waals surface area contributed by atoms with E-state index in [0.29, 0.717) is 0 Å². The number of carbonyl (C=O) groups excluding carboxylic acids is 3. The number of thiol groups is 1. The normalized spacial score (nSPS) is 14.3. The Kier molecular flexibility index (Phi) is 10.5. The minimum absolute atomic E-state index is 0.0398. The highest BCUT2D eigenvalue weighted by atomic mass is 32.1. The summed E-state index contributed by atoms with van der Waals surface area (Å²) in [6, 6.07) is 12.3. The van der Waals surface area contributed by atoms with E-state index >= 15 is 0 Å². The molecule has 1 heterocycles. The molecular weight excluding hydrogens is 518 g/mol. The highest BCUT2D eigenvalue weighted by Gasteiger charge is 2.30. The summed E-state index contributed by atoms with van der Waals surface area (Å²) >= 11 is 4.20. The quantitative estimate of drug-likeness (QED) is 0.158. The number of carbonyl (C=O) groups is 4. The van der Waals surface area contributed by atoms with Crippen molar-refractivity contribution in [3.05, 3.63) is 71.9 Å². The van der Waals surface area contributed by atoms with Gasteiger partial charge in [0, 0.05) is 35.7 Å². The van der Waals surface area contributed by atoms with Gasteiger partial charge in [0.2, 0.25) is 17.7 Å². The molecule has 0 fully saturated rings. The molecule has 0 aliphatic carbocycles. The van der Waals surface area contributed by atoms with Crippen LogP contribution in [-0.2, 0) is 32.0 Å². The third-order valence-electron chi connectivity index (χ3n) is 6.47. The van der Waals surface area contributed by atoms with Gasteiger partial charge in [-0.25, -0.2) is 4.79 Å². The van der Waals surface area contributed by atoms with Crippen molar-refractivity contribution in [3.63, 3.8) is 0 Å². The zero-order valence-electron chi connectivity index (χ0n) is 21.9. The number of para-hydroxylation sites is 1. The maximum absolute atomic E-state index is 13.3. The molecule has 4 unspecified atom stereocenters. The fourth-order valence-corrected chi connectivity index (χ4v) is 4.35. The van der Waals surface area contributed by atoms with Crippen LogP contribution in [0, 0.1) is 5.92 Å². The first kappa shape index (κ1) is 29.7. The molecule has 3 aromatic rings. The van der Waals surface area contributed by atoms with Gasteiger partial charge in [0.25, 0.3) is 0 Å². The topological polar surface area (TPSA) is 166 Å². The van der Waals surface area contributed by atoms with E-state index in [1.54, 1.807) is 20.0 Å². The molecule has 0 bridgehead atoms. The fraction of sp³-hybridized carbons (Fsp3) is 0.357. The molecule has 0 saturated heterocycles. The largest absolute Gasteiger partial charge is 0.480 e. The summed E-state index contributed by atoms with van der Waals surface area (Å²) in [5.74, 6) is -3.25. The minimum atomic E-state index is -1.24. The van der Waals surface area contributed by atoms with Gasteiger partial charge in [-0.15, -0.1) is 0 Å². The number of aromatic amines is 1. The zero-order valence-corrected chi connectivity index (χ0v) is 22.8. The molecule has 0 radical (unpaired) electrons. The average molecular weight is 554 g/mol. The van der Waals surface area contributed by atoms with E-state index in [4.69, 9.17) is 5.73 Å². The number of carboxylic acids is 1. The Hall–Kier alpha value is -3.83. The smallest absolute Gasteiger partial charge is 0.326 e. The van der Waals surface area contributed by atoms with Crippen LogP contribution in [0.3, 0.4) is 0 Å². The first-order chi connectivity index (χ1) is 18.6. The monoisotopic (exact) mass is 553 g/mol. The summed E-state index contributed by atoms with van der Waals surface area (Å²) in [4.78, 5) is 54.1. The fourth-order valence-electron chi connectivity index (χ4n) is 4.09. The lowest BCUT2D eigenvalue weighted by molar-refractivity contribution is -0.142. The van der Waals surface area contributed by atoms with E-state index in [0.717, 1.165) is 22.0 Å². The Bertz CT molecular complexity index is 1300. The Morgan fingerprint density at radius 2 is 1.44 bits per heavy atom. The van der Waals surface area contributed by atoms with Gasteiger partial charge in [-0.2, -0.15) is 12.6 Å². The number of benzene rings is 2. The van der Waals surface area contributed by atoms with E-state index < -0.39 is 47.9 Å². The van der Waals surface area contributed by atoms with Crippen LogP contribution in [0.25, 0.3) is 10.9 Å². The average Bonchev–Trinajstić information content (AvgIpc) is 3.33. The molecule has 4 atom stereocenters. The van der Waals surface area contributed by atoms with Crippen LogP contribution >= 0.6 is 12.6 Å². The molecule has 208 valence electrons. The molecule has 0 saturated carbocycles. The van der Waals surface area contributed by atoms with Crippen LogP contribution in [0.4, 0.5) is 0 Å². The van der Waals surface area contributed by atoms with E-state index in [1.807, 2.05) is 54.6 Å². The second kappa shape index (κ2) is 13.8. The third-order valence-corrected chi connectivity index (χ3v) is 6.83. The Labute approximate surface area is 232 Å². The molecule has 10 nitrogen and oxygen atoms in total. The predicted molar refractivity (Wildman–Crippen MR) is 152 cm³/mol. The Morgan fingerprint density at radius 3 is 2.08 bits per heavy atom. The van der Waals surface area contributed by atoms with Gasteiger partial charge >= 0.3 is 5.97 Å². The molecule has 1 aromatic heterocycles. The van der Waals surface area contributed by atoms with E-state index in [9.17, 15) is 24.3 Å². The highest BCUT2D eigenvalue weighted by Crippen LogP contribution is 2.19. The Balaban J connectivity index is 1.72. The van der Waals surface area contributed by atoms with Crippen molar-refractivity contribution < 1.29 is 24.3 Å². The molecule has 0 spiro atoms. The van der Waals surface area contributed by atoms with E-state index in [2.05, 4.69) is 33.6 Å². The summed E-state index contributed by atoms with van der Waals surface area (Å²) in [6.07, 6.45) is 1.92. The number of aromatic nitrogens is 1.